The summed E-state index contributed by atoms with van der Waals surface area (Å²) in [5.41, 5.74) is 1.98. The van der Waals surface area contributed by atoms with Gasteiger partial charge in [-0.2, -0.15) is 10.2 Å². The molecule has 35 heavy (non-hydrogen) atoms. The van der Waals surface area contributed by atoms with E-state index in [1.54, 1.807) is 48.5 Å². The standard InChI is InChI=1S/C30H42N2O3/c1-3-4-5-6-7-8-9-10-11-12-13-14-15-16-30(34)35-29-23-21-28(22-24-29)32-31-27-19-17-26(18-20-27)25(2)33/h17-24H,3-16H2,1-2H3. The Balaban J connectivity index is 1.53. The number of ether oxygens (including phenoxy) is 1. The van der Waals surface area contributed by atoms with Gasteiger partial charge in [0.2, 0.25) is 0 Å². The molecule has 5 heteroatoms. The quantitative estimate of drug-likeness (QED) is 0.0704. The molecule has 0 aliphatic carbocycles. The van der Waals surface area contributed by atoms with Gasteiger partial charge in [-0.3, -0.25) is 9.59 Å². The van der Waals surface area contributed by atoms with E-state index in [0.29, 0.717) is 29.1 Å². The normalized spacial score (nSPS) is 11.1. The number of azo groups is 1. The van der Waals surface area contributed by atoms with Crippen LogP contribution in [0.15, 0.2) is 58.8 Å². The summed E-state index contributed by atoms with van der Waals surface area (Å²) in [4.78, 5) is 23.4. The highest BCUT2D eigenvalue weighted by Gasteiger charge is 2.05. The molecule has 0 aromatic heterocycles. The fourth-order valence-corrected chi connectivity index (χ4v) is 3.93. The minimum atomic E-state index is -0.187. The highest BCUT2D eigenvalue weighted by molar-refractivity contribution is 5.94. The Morgan fingerprint density at radius 2 is 1.06 bits per heavy atom. The van der Waals surface area contributed by atoms with Crippen molar-refractivity contribution in [2.24, 2.45) is 10.2 Å². The Labute approximate surface area is 211 Å². The van der Waals surface area contributed by atoms with Crippen molar-refractivity contribution in [3.8, 4) is 5.75 Å². The number of Topliss-reactive ketones (excluding diaryl/α,β-unsaturated/α-hetero) is 1. The van der Waals surface area contributed by atoms with Crippen molar-refractivity contribution in [2.45, 2.75) is 104 Å². The number of ketones is 1. The van der Waals surface area contributed by atoms with E-state index in [-0.39, 0.29) is 11.8 Å². The van der Waals surface area contributed by atoms with Gasteiger partial charge >= 0.3 is 5.97 Å². The predicted octanol–water partition coefficient (Wildman–Crippen LogP) is 9.69. The van der Waals surface area contributed by atoms with Crippen LogP contribution in [-0.2, 0) is 4.79 Å². The number of unbranched alkanes of at least 4 members (excludes halogenated alkanes) is 12. The van der Waals surface area contributed by atoms with E-state index in [1.807, 2.05) is 0 Å². The van der Waals surface area contributed by atoms with Crippen molar-refractivity contribution in [1.82, 2.24) is 0 Å². The first-order chi connectivity index (χ1) is 17.1. The first-order valence-electron chi connectivity index (χ1n) is 13.4. The van der Waals surface area contributed by atoms with E-state index in [1.165, 1.54) is 77.6 Å². The molecule has 0 N–H and O–H groups in total. The van der Waals surface area contributed by atoms with Crippen LogP contribution in [0, 0.1) is 0 Å². The molecule has 2 aromatic rings. The molecule has 2 aromatic carbocycles. The molecule has 190 valence electrons. The molecule has 0 saturated heterocycles. The fourth-order valence-electron chi connectivity index (χ4n) is 3.93. The van der Waals surface area contributed by atoms with Crippen molar-refractivity contribution >= 4 is 23.1 Å². The first kappa shape index (κ1) is 28.4. The van der Waals surface area contributed by atoms with Crippen LogP contribution in [0.4, 0.5) is 11.4 Å². The SMILES string of the molecule is CCCCCCCCCCCCCCCC(=O)Oc1ccc(N=Nc2ccc(C(C)=O)cc2)cc1. The van der Waals surface area contributed by atoms with Gasteiger partial charge in [-0.15, -0.1) is 0 Å². The lowest BCUT2D eigenvalue weighted by molar-refractivity contribution is -0.134. The maximum Gasteiger partial charge on any atom is 0.311 e. The molecule has 0 heterocycles. The molecule has 0 spiro atoms. The van der Waals surface area contributed by atoms with Crippen molar-refractivity contribution < 1.29 is 14.3 Å². The molecule has 5 nitrogen and oxygen atoms in total. The minimum absolute atomic E-state index is 0.0210. The van der Waals surface area contributed by atoms with Gasteiger partial charge in [0.1, 0.15) is 5.75 Å². The Morgan fingerprint density at radius 1 is 0.629 bits per heavy atom. The van der Waals surface area contributed by atoms with Gasteiger partial charge in [0.05, 0.1) is 11.4 Å². The second-order valence-corrected chi connectivity index (χ2v) is 9.26. The highest BCUT2D eigenvalue weighted by atomic mass is 16.5. The number of hydrogen-bond acceptors (Lipinski definition) is 5. The largest absolute Gasteiger partial charge is 0.427 e. The van der Waals surface area contributed by atoms with Gasteiger partial charge < -0.3 is 4.74 Å². The lowest BCUT2D eigenvalue weighted by atomic mass is 10.0. The zero-order valence-electron chi connectivity index (χ0n) is 21.6. The van der Waals surface area contributed by atoms with Gasteiger partial charge in [-0.25, -0.2) is 0 Å². The second kappa shape index (κ2) is 17.6. The van der Waals surface area contributed by atoms with Gasteiger partial charge in [-0.1, -0.05) is 84.0 Å². The minimum Gasteiger partial charge on any atom is -0.427 e. The Morgan fingerprint density at radius 3 is 1.51 bits per heavy atom. The van der Waals surface area contributed by atoms with E-state index in [4.69, 9.17) is 4.74 Å². The van der Waals surface area contributed by atoms with Crippen molar-refractivity contribution in [1.29, 1.82) is 0 Å². The maximum absolute atomic E-state index is 12.1. The number of benzene rings is 2. The van der Waals surface area contributed by atoms with Crippen LogP contribution >= 0.6 is 0 Å². The molecule has 0 radical (unpaired) electrons. The molecule has 0 amide bonds. The number of rotatable bonds is 18. The Kier molecular flexibility index (Phi) is 14.3. The third kappa shape index (κ3) is 13.0. The third-order valence-corrected chi connectivity index (χ3v) is 6.11. The molecule has 0 aliphatic heterocycles. The zero-order valence-corrected chi connectivity index (χ0v) is 21.6. The molecular weight excluding hydrogens is 436 g/mol. The average Bonchev–Trinajstić information content (AvgIpc) is 2.86. The molecule has 0 unspecified atom stereocenters. The molecule has 0 fully saturated rings. The summed E-state index contributed by atoms with van der Waals surface area (Å²) in [5, 5.41) is 8.36. The first-order valence-corrected chi connectivity index (χ1v) is 13.4. The van der Waals surface area contributed by atoms with E-state index >= 15 is 0 Å². The van der Waals surface area contributed by atoms with Crippen LogP contribution in [0.1, 0.15) is 114 Å². The topological polar surface area (TPSA) is 68.1 Å². The fraction of sp³-hybridized carbons (Fsp3) is 0.533. The Hall–Kier alpha value is -2.82. The lowest BCUT2D eigenvalue weighted by Gasteiger charge is -2.05. The summed E-state index contributed by atoms with van der Waals surface area (Å²) >= 11 is 0. The second-order valence-electron chi connectivity index (χ2n) is 9.26. The van der Waals surface area contributed by atoms with E-state index < -0.39 is 0 Å². The maximum atomic E-state index is 12.1. The predicted molar refractivity (Wildman–Crippen MR) is 143 cm³/mol. The smallest absolute Gasteiger partial charge is 0.311 e. The Bertz CT molecular complexity index is 889. The van der Waals surface area contributed by atoms with Crippen LogP contribution < -0.4 is 4.74 Å². The lowest BCUT2D eigenvalue weighted by Crippen LogP contribution is -2.07. The molecule has 2 rings (SSSR count). The van der Waals surface area contributed by atoms with Crippen LogP contribution in [0.2, 0.25) is 0 Å². The summed E-state index contributed by atoms with van der Waals surface area (Å²) in [6.45, 7) is 3.79. The number of nitrogens with zero attached hydrogens (tertiary/aromatic N) is 2. The van der Waals surface area contributed by atoms with Gasteiger partial charge in [0.25, 0.3) is 0 Å². The van der Waals surface area contributed by atoms with Crippen molar-refractivity contribution in [2.75, 3.05) is 0 Å². The summed E-state index contributed by atoms with van der Waals surface area (Å²) in [6, 6.07) is 14.0. The van der Waals surface area contributed by atoms with Gasteiger partial charge in [0.15, 0.2) is 5.78 Å². The third-order valence-electron chi connectivity index (χ3n) is 6.11. The highest BCUT2D eigenvalue weighted by Crippen LogP contribution is 2.22. The monoisotopic (exact) mass is 478 g/mol. The van der Waals surface area contributed by atoms with Crippen LogP contribution in [0.3, 0.4) is 0 Å². The average molecular weight is 479 g/mol. The summed E-state index contributed by atoms with van der Waals surface area (Å²) in [7, 11) is 0. The number of esters is 1. The van der Waals surface area contributed by atoms with E-state index in [2.05, 4.69) is 17.2 Å². The van der Waals surface area contributed by atoms with Gasteiger partial charge in [-0.05, 0) is 61.9 Å². The molecular formula is C30H42N2O3. The molecule has 0 atom stereocenters. The number of hydrogen-bond donors (Lipinski definition) is 0. The van der Waals surface area contributed by atoms with Crippen LogP contribution in [0.5, 0.6) is 5.75 Å². The summed E-state index contributed by atoms with van der Waals surface area (Å²) in [5.74, 6) is 0.357. The van der Waals surface area contributed by atoms with Crippen molar-refractivity contribution in [3.63, 3.8) is 0 Å². The number of carbonyl (C=O) groups excluding carboxylic acids is 2. The van der Waals surface area contributed by atoms with Crippen LogP contribution in [0.25, 0.3) is 0 Å². The molecule has 0 saturated carbocycles. The molecule has 0 aliphatic rings. The summed E-state index contributed by atoms with van der Waals surface area (Å²) in [6.07, 6.45) is 17.2. The van der Waals surface area contributed by atoms with E-state index in [0.717, 1.165) is 12.8 Å². The summed E-state index contributed by atoms with van der Waals surface area (Å²) < 4.78 is 5.43. The van der Waals surface area contributed by atoms with Crippen LogP contribution in [-0.4, -0.2) is 11.8 Å². The zero-order chi connectivity index (χ0) is 25.1. The van der Waals surface area contributed by atoms with E-state index in [9.17, 15) is 9.59 Å². The van der Waals surface area contributed by atoms with Gasteiger partial charge in [0, 0.05) is 12.0 Å². The van der Waals surface area contributed by atoms with Crippen molar-refractivity contribution in [3.05, 3.63) is 54.1 Å². The molecule has 0 bridgehead atoms. The number of carbonyl (C=O) groups is 2.